The molecule has 98 heavy (non-hydrogen) atoms. The Kier molecular flexibility index (Phi) is 29.4. The van der Waals surface area contributed by atoms with Gasteiger partial charge in [-0.2, -0.15) is 0 Å². The van der Waals surface area contributed by atoms with Crippen molar-refractivity contribution in [2.45, 2.75) is 255 Å². The van der Waals surface area contributed by atoms with Gasteiger partial charge in [0.15, 0.2) is 50.0 Å². The summed E-state index contributed by atoms with van der Waals surface area (Å²) in [6.45, 7) is -3.49. The minimum atomic E-state index is -2.49. The van der Waals surface area contributed by atoms with Gasteiger partial charge in [-0.25, -0.2) is 4.79 Å². The van der Waals surface area contributed by atoms with Gasteiger partial charge in [0.05, 0.1) is 52.7 Å². The second kappa shape index (κ2) is 35.6. The molecule has 44 nitrogen and oxygen atoms in total. The van der Waals surface area contributed by atoms with E-state index in [1.54, 1.807) is 0 Å². The first kappa shape index (κ1) is 80.8. The van der Waals surface area contributed by atoms with Gasteiger partial charge in [0.1, 0.15) is 171 Å². The Morgan fingerprint density at radius 2 is 0.673 bits per heavy atom. The highest BCUT2D eigenvalue weighted by Crippen LogP contribution is 2.38. The highest BCUT2D eigenvalue weighted by Gasteiger charge is 2.59. The predicted octanol–water partition coefficient (Wildman–Crippen LogP) is -17.5. The SMILES string of the molecule is CC(=O)N[C@@H]1[C@@H](O)[C@H](O[C@@H]2O[C@H](CO)[C@@H](O[C@@H]3O[C@H](CO[C@H]4O[C@H](CO)[C@@H](O)[C@H](O)[C@@H]4O[C@@H]4O[C@H](CO)[C@@H](O)[C@H](O)[C@H]4NC(C)=O)[C@@H](O)[C@H](O[C@H]4O[C@H](CO)[C@@H](O)[C@H](O)[C@@H]4O[C@@H]4O[C@H](CO)[C@@H](O)[C@H](O)[C@H]4NC(C)=O)[C@@H]3O)[C@H](O)[C@H]2NC(C)=O)[C@@H](CO)O[C@H]1NC(=O)C[C@H]([NH3+])C(=O)O. The number of carboxylic acid groups (broad SMARTS) is 1. The Labute approximate surface area is 555 Å². The van der Waals surface area contributed by atoms with Gasteiger partial charge in [0.2, 0.25) is 29.5 Å². The van der Waals surface area contributed by atoms with E-state index in [1.165, 1.54) is 0 Å². The van der Waals surface area contributed by atoms with Crippen LogP contribution >= 0.6 is 0 Å². The molecule has 0 aromatic heterocycles. The molecule has 564 valence electrons. The van der Waals surface area contributed by atoms with E-state index < -0.39 is 309 Å². The smallest absolute Gasteiger partial charge is 0.362 e. The van der Waals surface area contributed by atoms with Crippen LogP contribution in [0, 0.1) is 0 Å². The lowest BCUT2D eigenvalue weighted by Crippen LogP contribution is -2.72. The number of hydrogen-bond donors (Lipinski definition) is 25. The van der Waals surface area contributed by atoms with Crippen LogP contribution in [0.4, 0.5) is 0 Å². The number of nitrogens with one attached hydrogen (secondary N) is 5. The maximum absolute atomic E-state index is 13.0. The molecular formula is C54H91N6O38+. The van der Waals surface area contributed by atoms with Crippen molar-refractivity contribution < 1.29 is 193 Å². The maximum Gasteiger partial charge on any atom is 0.362 e. The first-order valence-electron chi connectivity index (χ1n) is 31.0. The van der Waals surface area contributed by atoms with Crippen LogP contribution in [0.2, 0.25) is 0 Å². The standard InChI is InChI=1S/C54H90N6O38/c1-13(67)56-26-37(79)42(22(10-65)87-47(26)60-25(71)5-17(55)48(84)85)94-51-29(59-16(4)70)38(80)43(23(11-66)92-51)95-52-41(83)44(96-54-46(40(82)33(75)21(9-64)91-54)98-50-28(58-15(3)69)36(78)31(73)19(7-62)89-50)34(76)24(93-52)12-86-53-45(39(81)32(74)20(8-63)90-53)97-49-27(57-14(2)68)35(77)30(72)18(6-61)88-49/h17-24,26-47,49-54,61-66,72-83H,5-12,55H2,1-4H3,(H,56,67)(H,57,68)(H,58,69)(H,59,70)(H,60,71)(H,84,85)/p+1/t17-,18+,19+,20+,21+,22+,23+,24+,26+,27+,28+,29+,30+,31+,32+,33+,34+,35+,36+,37+,38+,39-,40-,41-,42+,43+,44-,45-,46-,47+,49-,50-,51-,52-,53-,54+/m0/s1. The fraction of sp³-hybridized carbons (Fsp3) is 0.889. The fourth-order valence-electron chi connectivity index (χ4n) is 12.2. The largest absolute Gasteiger partial charge is 0.477 e. The molecule has 36 atom stereocenters. The topological polar surface area (TPSA) is 695 Å². The second-order valence-corrected chi connectivity index (χ2v) is 24.4. The van der Waals surface area contributed by atoms with E-state index in [-0.39, 0.29) is 0 Å². The zero-order valence-corrected chi connectivity index (χ0v) is 52.9. The first-order valence-corrected chi connectivity index (χ1v) is 31.0. The van der Waals surface area contributed by atoms with E-state index in [2.05, 4.69) is 32.3 Å². The zero-order chi connectivity index (χ0) is 72.6. The van der Waals surface area contributed by atoms with Crippen molar-refractivity contribution in [1.82, 2.24) is 26.6 Å². The van der Waals surface area contributed by atoms with Gasteiger partial charge in [0, 0.05) is 27.7 Å². The van der Waals surface area contributed by atoms with E-state index in [4.69, 9.17) is 61.6 Å². The molecule has 0 bridgehead atoms. The summed E-state index contributed by atoms with van der Waals surface area (Å²) >= 11 is 0. The molecule has 7 rings (SSSR count). The Bertz CT molecular complexity index is 2620. The Morgan fingerprint density at radius 3 is 1.10 bits per heavy atom. The Hall–Kier alpha value is -4.46. The molecule has 5 amide bonds. The van der Waals surface area contributed by atoms with Crippen LogP contribution in [0.3, 0.4) is 0 Å². The number of hydrogen-bond acceptors (Lipinski definition) is 37. The number of amides is 5. The summed E-state index contributed by atoms with van der Waals surface area (Å²) in [6.07, 6.45) is -63.7. The molecule has 7 fully saturated rings. The van der Waals surface area contributed by atoms with Crippen LogP contribution in [0.15, 0.2) is 0 Å². The number of aliphatic carboxylic acids is 1. The molecule has 7 aliphatic heterocycles. The van der Waals surface area contributed by atoms with Crippen molar-refractivity contribution in [3.63, 3.8) is 0 Å². The second-order valence-electron chi connectivity index (χ2n) is 24.4. The van der Waals surface area contributed by atoms with E-state index >= 15 is 0 Å². The molecule has 7 saturated heterocycles. The average molecular weight is 1430 g/mol. The molecule has 0 saturated carbocycles. The Balaban J connectivity index is 1.24. The Morgan fingerprint density at radius 1 is 0.347 bits per heavy atom. The van der Waals surface area contributed by atoms with Gasteiger partial charge in [-0.3, -0.25) is 24.0 Å². The molecule has 7 aliphatic rings. The summed E-state index contributed by atoms with van der Waals surface area (Å²) in [4.78, 5) is 74.6. The number of carboxylic acids is 1. The van der Waals surface area contributed by atoms with Gasteiger partial charge in [-0.1, -0.05) is 0 Å². The fourth-order valence-corrected chi connectivity index (χ4v) is 12.2. The van der Waals surface area contributed by atoms with Crippen LogP contribution in [-0.4, -0.2) is 399 Å². The quantitative estimate of drug-likeness (QED) is 0.0363. The highest BCUT2D eigenvalue weighted by atomic mass is 16.8. The molecule has 44 heteroatoms. The number of aliphatic hydroxyl groups is 18. The number of rotatable bonds is 27. The molecule has 0 spiro atoms. The van der Waals surface area contributed by atoms with Crippen LogP contribution in [-0.2, 0) is 90.3 Å². The van der Waals surface area contributed by atoms with E-state index in [0.717, 1.165) is 27.7 Å². The van der Waals surface area contributed by atoms with Crippen molar-refractivity contribution in [3.05, 3.63) is 0 Å². The van der Waals surface area contributed by atoms with Crippen LogP contribution in [0.25, 0.3) is 0 Å². The van der Waals surface area contributed by atoms with Crippen LogP contribution in [0.5, 0.6) is 0 Å². The van der Waals surface area contributed by atoms with Gasteiger partial charge in [-0.05, 0) is 0 Å². The molecule has 0 unspecified atom stereocenters. The summed E-state index contributed by atoms with van der Waals surface area (Å²) in [5.41, 5.74) is 3.36. The minimum absolute atomic E-state index is 0.719. The monoisotopic (exact) mass is 1430 g/mol. The predicted molar refractivity (Wildman–Crippen MR) is 303 cm³/mol. The number of aliphatic hydroxyl groups excluding tert-OH is 18. The van der Waals surface area contributed by atoms with E-state index in [0.29, 0.717) is 0 Å². The van der Waals surface area contributed by atoms with Crippen LogP contribution < -0.4 is 32.3 Å². The van der Waals surface area contributed by atoms with Gasteiger partial charge < -0.3 is 191 Å². The van der Waals surface area contributed by atoms with Gasteiger partial charge in [-0.15, -0.1) is 0 Å². The third kappa shape index (κ3) is 18.7. The molecule has 0 radical (unpaired) electrons. The number of carbonyl (C=O) groups excluding carboxylic acids is 5. The third-order valence-electron chi connectivity index (χ3n) is 17.2. The zero-order valence-electron chi connectivity index (χ0n) is 52.9. The summed E-state index contributed by atoms with van der Waals surface area (Å²) in [6, 6.07) is -8.51. The van der Waals surface area contributed by atoms with Crippen molar-refractivity contribution in [2.75, 3.05) is 46.2 Å². The van der Waals surface area contributed by atoms with Crippen molar-refractivity contribution in [1.29, 1.82) is 0 Å². The van der Waals surface area contributed by atoms with Crippen LogP contribution in [0.1, 0.15) is 34.1 Å². The molecule has 0 aromatic rings. The molecule has 27 N–H and O–H groups in total. The van der Waals surface area contributed by atoms with Crippen molar-refractivity contribution in [3.8, 4) is 0 Å². The third-order valence-corrected chi connectivity index (χ3v) is 17.2. The van der Waals surface area contributed by atoms with E-state index in [9.17, 15) is 126 Å². The summed E-state index contributed by atoms with van der Waals surface area (Å²) in [5, 5.41) is 221. The lowest BCUT2D eigenvalue weighted by Gasteiger charge is -2.51. The molecule has 0 aromatic carbocycles. The van der Waals surface area contributed by atoms with E-state index in [1.807, 2.05) is 0 Å². The first-order chi connectivity index (χ1) is 46.2. The maximum atomic E-state index is 13.0. The number of ether oxygens (including phenoxy) is 13. The minimum Gasteiger partial charge on any atom is -0.477 e. The highest BCUT2D eigenvalue weighted by molar-refractivity contribution is 5.83. The molecular weight excluding hydrogens is 1340 g/mol. The van der Waals surface area contributed by atoms with Gasteiger partial charge in [0.25, 0.3) is 0 Å². The number of quaternary nitrogens is 1. The average Bonchev–Trinajstić information content (AvgIpc) is 0.777. The lowest BCUT2D eigenvalue weighted by molar-refractivity contribution is -0.406. The summed E-state index contributed by atoms with van der Waals surface area (Å²) < 4.78 is 77.4. The molecule has 7 heterocycles. The molecule has 0 aliphatic carbocycles. The van der Waals surface area contributed by atoms with Gasteiger partial charge >= 0.3 is 5.97 Å². The van der Waals surface area contributed by atoms with Crippen molar-refractivity contribution >= 4 is 35.5 Å². The summed E-state index contributed by atoms with van der Waals surface area (Å²) in [7, 11) is 0. The number of carbonyl (C=O) groups is 6. The summed E-state index contributed by atoms with van der Waals surface area (Å²) in [5.74, 6) is -5.88. The van der Waals surface area contributed by atoms with Crippen molar-refractivity contribution in [2.24, 2.45) is 0 Å². The normalized spacial score (nSPS) is 44.9. The lowest BCUT2D eigenvalue weighted by atomic mass is 9.93.